The monoisotopic (exact) mass is 621 g/mol. The Morgan fingerprint density at radius 3 is 2.54 bits per heavy atom. The fourth-order valence-electron chi connectivity index (χ4n) is 10.0. The number of nitrogens with one attached hydrogen (secondary N) is 1. The van der Waals surface area contributed by atoms with Crippen molar-refractivity contribution in [2.75, 3.05) is 12.8 Å². The first-order valence-corrected chi connectivity index (χ1v) is 16.9. The van der Waals surface area contributed by atoms with Gasteiger partial charge in [-0.25, -0.2) is 10.1 Å². The number of benzene rings is 2. The van der Waals surface area contributed by atoms with Gasteiger partial charge in [0.15, 0.2) is 5.82 Å². The molecule has 4 aliphatic rings. The van der Waals surface area contributed by atoms with E-state index in [1.165, 1.54) is 24.8 Å². The Bertz CT molecular complexity index is 1680. The van der Waals surface area contributed by atoms with E-state index in [0.717, 1.165) is 54.8 Å². The topological polar surface area (TPSA) is 115 Å². The van der Waals surface area contributed by atoms with Gasteiger partial charge in [-0.2, -0.15) is 5.10 Å². The minimum absolute atomic E-state index is 0.152. The Labute approximate surface area is 272 Å². The first kappa shape index (κ1) is 30.7. The highest BCUT2D eigenvalue weighted by Gasteiger charge is 2.59. The molecule has 4 N–H and O–H groups in total. The lowest BCUT2D eigenvalue weighted by Gasteiger charge is -2.58. The average Bonchev–Trinajstić information content (AvgIpc) is 3.61. The van der Waals surface area contributed by atoms with Gasteiger partial charge in [0.25, 0.3) is 5.91 Å². The number of nitrogen functional groups attached to an aromatic ring is 1. The molecule has 0 aliphatic heterocycles. The van der Waals surface area contributed by atoms with E-state index in [4.69, 9.17) is 15.6 Å². The zero-order valence-corrected chi connectivity index (χ0v) is 27.5. The van der Waals surface area contributed by atoms with Crippen LogP contribution in [0.4, 0.5) is 5.82 Å². The minimum atomic E-state index is -0.370. The largest absolute Gasteiger partial charge is 0.497 e. The summed E-state index contributed by atoms with van der Waals surface area (Å²) in [6.07, 6.45) is 11.0. The maximum atomic E-state index is 13.9. The third-order valence-corrected chi connectivity index (χ3v) is 12.4. The third kappa shape index (κ3) is 4.96. The Morgan fingerprint density at radius 2 is 1.80 bits per heavy atom. The molecule has 242 valence electrons. The van der Waals surface area contributed by atoms with Gasteiger partial charge in [0, 0.05) is 17.2 Å². The van der Waals surface area contributed by atoms with Gasteiger partial charge in [0.05, 0.1) is 24.6 Å². The molecule has 8 heteroatoms. The van der Waals surface area contributed by atoms with Crippen LogP contribution >= 0.6 is 0 Å². The molecule has 1 amide bonds. The number of aliphatic hydroxyl groups is 1. The molecule has 4 aliphatic carbocycles. The van der Waals surface area contributed by atoms with E-state index in [1.807, 2.05) is 54.6 Å². The highest BCUT2D eigenvalue weighted by Crippen LogP contribution is 2.66. The second-order valence-electron chi connectivity index (χ2n) is 14.6. The highest BCUT2D eigenvalue weighted by atomic mass is 16.5. The van der Waals surface area contributed by atoms with Gasteiger partial charge < -0.3 is 15.6 Å². The van der Waals surface area contributed by atoms with Crippen LogP contribution in [0.15, 0.2) is 71.3 Å². The SMILES string of the molecule is COc1ccc(-c2c(C(=O)N/N=C(\C)[C@H]3CC[C@H]4[C@@H]5CC=C6C[C@@H](O)CC[C@]6(C)[C@H]5CC[C@]34C)c(N)nn2-c2ccccc2)cc1. The number of methoxy groups -OCH3 is 1. The first-order chi connectivity index (χ1) is 22.1. The fourth-order valence-corrected chi connectivity index (χ4v) is 10.0. The lowest BCUT2D eigenvalue weighted by molar-refractivity contribution is -0.0423. The van der Waals surface area contributed by atoms with Gasteiger partial charge in [-0.3, -0.25) is 4.79 Å². The number of anilines is 1. The van der Waals surface area contributed by atoms with Gasteiger partial charge in [-0.1, -0.05) is 43.7 Å². The van der Waals surface area contributed by atoms with Crippen LogP contribution in [0.3, 0.4) is 0 Å². The summed E-state index contributed by atoms with van der Waals surface area (Å²) in [5, 5.41) is 19.7. The number of rotatable bonds is 6. The van der Waals surface area contributed by atoms with Crippen LogP contribution in [0.25, 0.3) is 16.9 Å². The summed E-state index contributed by atoms with van der Waals surface area (Å²) in [5.41, 5.74) is 14.7. The van der Waals surface area contributed by atoms with Gasteiger partial charge in [0.2, 0.25) is 0 Å². The summed E-state index contributed by atoms with van der Waals surface area (Å²) in [6, 6.07) is 17.2. The number of carbonyl (C=O) groups excluding carboxylic acids is 1. The predicted molar refractivity (Wildman–Crippen MR) is 182 cm³/mol. The number of amides is 1. The number of allylic oxidation sites excluding steroid dienone is 1. The molecule has 8 nitrogen and oxygen atoms in total. The number of para-hydroxylation sites is 1. The van der Waals surface area contributed by atoms with Crippen molar-refractivity contribution in [2.24, 2.45) is 39.6 Å². The lowest BCUT2D eigenvalue weighted by Crippen LogP contribution is -2.51. The molecule has 0 spiro atoms. The summed E-state index contributed by atoms with van der Waals surface area (Å²) in [6.45, 7) is 7.03. The number of hydrazone groups is 1. The number of aromatic nitrogens is 2. The molecule has 7 rings (SSSR count). The van der Waals surface area contributed by atoms with E-state index in [0.29, 0.717) is 34.9 Å². The van der Waals surface area contributed by atoms with Crippen molar-refractivity contribution in [3.63, 3.8) is 0 Å². The van der Waals surface area contributed by atoms with Crippen molar-refractivity contribution in [1.82, 2.24) is 15.2 Å². The van der Waals surface area contributed by atoms with Crippen LogP contribution in [0.5, 0.6) is 5.75 Å². The second kappa shape index (κ2) is 11.7. The number of aliphatic hydroxyl groups excluding tert-OH is 1. The number of hydrogen-bond acceptors (Lipinski definition) is 6. The van der Waals surface area contributed by atoms with Crippen molar-refractivity contribution in [3.05, 3.63) is 71.8 Å². The number of nitrogens with zero attached hydrogens (tertiary/aromatic N) is 3. The molecule has 0 radical (unpaired) electrons. The van der Waals surface area contributed by atoms with Gasteiger partial charge >= 0.3 is 0 Å². The van der Waals surface area contributed by atoms with E-state index < -0.39 is 0 Å². The van der Waals surface area contributed by atoms with E-state index in [1.54, 1.807) is 11.8 Å². The summed E-state index contributed by atoms with van der Waals surface area (Å²) >= 11 is 0. The molecule has 3 aromatic rings. The molecule has 0 bridgehead atoms. The van der Waals surface area contributed by atoms with Crippen molar-refractivity contribution < 1.29 is 14.6 Å². The van der Waals surface area contributed by atoms with E-state index in [2.05, 4.69) is 37.4 Å². The van der Waals surface area contributed by atoms with Crippen LogP contribution in [0, 0.1) is 34.5 Å². The summed E-state index contributed by atoms with van der Waals surface area (Å²) in [4.78, 5) is 13.9. The quantitative estimate of drug-likeness (QED) is 0.153. The van der Waals surface area contributed by atoms with Gasteiger partial charge in [-0.15, -0.1) is 5.10 Å². The molecule has 2 aromatic carbocycles. The fraction of sp³-hybridized carbons (Fsp3) is 0.500. The summed E-state index contributed by atoms with van der Waals surface area (Å²) in [5.74, 6) is 2.82. The zero-order valence-electron chi connectivity index (χ0n) is 27.5. The maximum Gasteiger partial charge on any atom is 0.277 e. The molecule has 46 heavy (non-hydrogen) atoms. The molecule has 3 fully saturated rings. The molecular formula is C38H47N5O3. The molecule has 0 unspecified atom stereocenters. The first-order valence-electron chi connectivity index (χ1n) is 16.9. The van der Waals surface area contributed by atoms with Crippen molar-refractivity contribution in [3.8, 4) is 22.7 Å². The van der Waals surface area contributed by atoms with Crippen molar-refractivity contribution >= 4 is 17.4 Å². The van der Waals surface area contributed by atoms with Crippen LogP contribution in [-0.4, -0.2) is 39.7 Å². The minimum Gasteiger partial charge on any atom is -0.497 e. The molecule has 1 aromatic heterocycles. The Balaban J connectivity index is 1.14. The van der Waals surface area contributed by atoms with Crippen LogP contribution < -0.4 is 15.9 Å². The van der Waals surface area contributed by atoms with E-state index in [9.17, 15) is 9.90 Å². The number of hydrogen-bond donors (Lipinski definition) is 3. The molecular weight excluding hydrogens is 574 g/mol. The van der Waals surface area contributed by atoms with Crippen molar-refractivity contribution in [1.29, 1.82) is 0 Å². The van der Waals surface area contributed by atoms with Gasteiger partial charge in [0.1, 0.15) is 11.3 Å². The molecule has 0 saturated heterocycles. The van der Waals surface area contributed by atoms with Gasteiger partial charge in [-0.05, 0) is 123 Å². The van der Waals surface area contributed by atoms with E-state index >= 15 is 0 Å². The number of ether oxygens (including phenoxy) is 1. The molecule has 3 saturated carbocycles. The standard InChI is InChI=1S/C38H47N5O3/c1-23(30-16-17-31-29-15-12-25-22-27(44)18-20-37(25,2)32(29)19-21-38(30,31)3)40-41-36(45)33-34(24-10-13-28(46-4)14-11-24)43(42-35(33)39)26-8-6-5-7-9-26/h5-14,27,29-32,44H,15-22H2,1-4H3,(H2,39,42)(H,41,45)/b40-23+/t27-,29-,30+,31-,32-,37-,38+/m0/s1. The summed E-state index contributed by atoms with van der Waals surface area (Å²) < 4.78 is 7.09. The Hall–Kier alpha value is -3.91. The zero-order chi connectivity index (χ0) is 32.2. The van der Waals surface area contributed by atoms with Crippen LogP contribution in [0.1, 0.15) is 82.5 Å². The highest BCUT2D eigenvalue weighted by molar-refractivity contribution is 6.05. The number of fused-ring (bicyclic) bond motifs is 5. The lowest BCUT2D eigenvalue weighted by atomic mass is 9.47. The van der Waals surface area contributed by atoms with E-state index in [-0.39, 0.29) is 28.7 Å². The number of nitrogens with two attached hydrogens (primary N) is 1. The maximum absolute atomic E-state index is 13.9. The smallest absolute Gasteiger partial charge is 0.277 e. The Morgan fingerprint density at radius 1 is 1.04 bits per heavy atom. The summed E-state index contributed by atoms with van der Waals surface area (Å²) in [7, 11) is 1.63. The normalized spacial score (nSPS) is 32.2. The molecule has 7 atom stereocenters. The van der Waals surface area contributed by atoms with Crippen LogP contribution in [-0.2, 0) is 0 Å². The van der Waals surface area contributed by atoms with Crippen molar-refractivity contribution in [2.45, 2.75) is 78.2 Å². The average molecular weight is 622 g/mol. The second-order valence-corrected chi connectivity index (χ2v) is 14.6. The predicted octanol–water partition coefficient (Wildman–Crippen LogP) is 7.18. The van der Waals surface area contributed by atoms with Crippen LogP contribution in [0.2, 0.25) is 0 Å². The molecule has 1 heterocycles. The third-order valence-electron chi connectivity index (χ3n) is 12.4. The Kier molecular flexibility index (Phi) is 7.82. The number of carbonyl (C=O) groups is 1.